The Labute approximate surface area is 104 Å². The summed E-state index contributed by atoms with van der Waals surface area (Å²) in [6.07, 6.45) is 0.372. The molecule has 0 spiro atoms. The zero-order chi connectivity index (χ0) is 12.7. The summed E-state index contributed by atoms with van der Waals surface area (Å²) in [5.41, 5.74) is 2.87. The number of nitrogens with zero attached hydrogens (tertiary/aromatic N) is 1. The van der Waals surface area contributed by atoms with E-state index in [1.807, 2.05) is 13.0 Å². The van der Waals surface area contributed by atoms with Gasteiger partial charge in [0, 0.05) is 23.6 Å². The normalized spacial score (nSPS) is 18.3. The molecule has 92 valence electrons. The third-order valence-corrected chi connectivity index (χ3v) is 3.26. The fourth-order valence-electron chi connectivity index (χ4n) is 2.46. The number of carbonyl (C=O) groups excluding carboxylic acids is 1. The minimum Gasteiger partial charge on any atom is -0.508 e. The molecule has 5 nitrogen and oxygen atoms in total. The lowest BCUT2D eigenvalue weighted by molar-refractivity contribution is -0.116. The van der Waals surface area contributed by atoms with Crippen LogP contribution < -0.4 is 5.32 Å². The van der Waals surface area contributed by atoms with Crippen molar-refractivity contribution in [2.24, 2.45) is 0 Å². The fourth-order valence-corrected chi connectivity index (χ4v) is 2.46. The smallest absolute Gasteiger partial charge is 0.226 e. The van der Waals surface area contributed by atoms with Gasteiger partial charge in [0.2, 0.25) is 5.91 Å². The zero-order valence-corrected chi connectivity index (χ0v) is 9.90. The summed E-state index contributed by atoms with van der Waals surface area (Å²) in [7, 11) is 0. The molecule has 1 aromatic carbocycles. The fraction of sp³-hybridized carbons (Fsp3) is 0.231. The maximum Gasteiger partial charge on any atom is 0.226 e. The predicted molar refractivity (Wildman–Crippen MR) is 66.5 cm³/mol. The molecule has 1 aromatic heterocycles. The van der Waals surface area contributed by atoms with E-state index in [4.69, 9.17) is 0 Å². The van der Waals surface area contributed by atoms with Crippen LogP contribution in [0.2, 0.25) is 0 Å². The van der Waals surface area contributed by atoms with E-state index < -0.39 is 0 Å². The number of aromatic amines is 1. The first kappa shape index (κ1) is 10.8. The number of carbonyl (C=O) groups is 1. The number of H-pyrrole nitrogens is 1. The number of phenolic OH excluding ortho intramolecular Hbond substituents is 1. The first-order valence-corrected chi connectivity index (χ1v) is 5.79. The SMILES string of the molecule is Cc1[nH]nc2c1[C@@H](c1cccc(O)c1)CC(=O)N2. The Morgan fingerprint density at radius 3 is 3.06 bits per heavy atom. The van der Waals surface area contributed by atoms with Gasteiger partial charge < -0.3 is 10.4 Å². The Balaban J connectivity index is 2.12. The van der Waals surface area contributed by atoms with E-state index in [1.165, 1.54) is 0 Å². The van der Waals surface area contributed by atoms with E-state index in [0.717, 1.165) is 16.8 Å². The predicted octanol–water partition coefficient (Wildman–Crippen LogP) is 1.90. The number of aryl methyl sites for hydroxylation is 1. The van der Waals surface area contributed by atoms with Crippen molar-refractivity contribution in [2.45, 2.75) is 19.3 Å². The molecule has 3 rings (SSSR count). The monoisotopic (exact) mass is 243 g/mol. The highest BCUT2D eigenvalue weighted by Gasteiger charge is 2.30. The van der Waals surface area contributed by atoms with Crippen LogP contribution in [0.5, 0.6) is 5.75 Å². The molecule has 0 bridgehead atoms. The van der Waals surface area contributed by atoms with Gasteiger partial charge in [-0.3, -0.25) is 9.89 Å². The highest BCUT2D eigenvalue weighted by atomic mass is 16.3. The summed E-state index contributed by atoms with van der Waals surface area (Å²) >= 11 is 0. The zero-order valence-electron chi connectivity index (χ0n) is 9.90. The standard InChI is InChI=1S/C13H13N3O2/c1-7-12-10(8-3-2-4-9(17)5-8)6-11(18)14-13(12)16-15-7/h2-5,10,17H,6H2,1H3,(H2,14,15,16,18)/t10-/m1/s1. The molecule has 1 aliphatic rings. The summed E-state index contributed by atoms with van der Waals surface area (Å²) in [4.78, 5) is 11.7. The first-order chi connectivity index (χ1) is 8.65. The first-order valence-electron chi connectivity index (χ1n) is 5.79. The lowest BCUT2D eigenvalue weighted by atomic mass is 9.86. The van der Waals surface area contributed by atoms with Gasteiger partial charge in [0.25, 0.3) is 0 Å². The van der Waals surface area contributed by atoms with Crippen LogP contribution in [0.1, 0.15) is 29.2 Å². The van der Waals surface area contributed by atoms with Crippen molar-refractivity contribution in [1.29, 1.82) is 0 Å². The van der Waals surface area contributed by atoms with Crippen LogP contribution in [0, 0.1) is 6.92 Å². The maximum absolute atomic E-state index is 11.7. The number of fused-ring (bicyclic) bond motifs is 1. The van der Waals surface area contributed by atoms with Crippen molar-refractivity contribution in [3.05, 3.63) is 41.1 Å². The van der Waals surface area contributed by atoms with Gasteiger partial charge in [-0.05, 0) is 24.6 Å². The molecule has 2 aromatic rings. The Hall–Kier alpha value is -2.30. The van der Waals surface area contributed by atoms with Crippen LogP contribution >= 0.6 is 0 Å². The molecule has 5 heteroatoms. The molecule has 1 aliphatic heterocycles. The third kappa shape index (κ3) is 1.64. The number of amides is 1. The van der Waals surface area contributed by atoms with Gasteiger partial charge in [-0.2, -0.15) is 5.10 Å². The second-order valence-electron chi connectivity index (χ2n) is 4.51. The number of aromatic hydroxyl groups is 1. The van der Waals surface area contributed by atoms with Gasteiger partial charge in [-0.1, -0.05) is 12.1 Å². The number of benzene rings is 1. The van der Waals surface area contributed by atoms with Crippen LogP contribution in [0.15, 0.2) is 24.3 Å². The molecule has 0 saturated carbocycles. The maximum atomic E-state index is 11.7. The van der Waals surface area contributed by atoms with Crippen molar-refractivity contribution < 1.29 is 9.90 Å². The summed E-state index contributed by atoms with van der Waals surface area (Å²) in [5, 5.41) is 19.3. The number of nitrogens with one attached hydrogen (secondary N) is 2. The number of hydrogen-bond donors (Lipinski definition) is 3. The highest BCUT2D eigenvalue weighted by Crippen LogP contribution is 2.38. The lowest BCUT2D eigenvalue weighted by Crippen LogP contribution is -2.23. The molecule has 0 fully saturated rings. The Morgan fingerprint density at radius 1 is 1.44 bits per heavy atom. The van der Waals surface area contributed by atoms with Gasteiger partial charge in [-0.15, -0.1) is 0 Å². The van der Waals surface area contributed by atoms with E-state index in [9.17, 15) is 9.90 Å². The van der Waals surface area contributed by atoms with Crippen molar-refractivity contribution >= 4 is 11.7 Å². The van der Waals surface area contributed by atoms with E-state index in [2.05, 4.69) is 15.5 Å². The molecule has 0 aliphatic carbocycles. The topological polar surface area (TPSA) is 78.0 Å². The minimum atomic E-state index is -0.0559. The summed E-state index contributed by atoms with van der Waals surface area (Å²) in [5.74, 6) is 0.695. The van der Waals surface area contributed by atoms with E-state index in [0.29, 0.717) is 12.2 Å². The highest BCUT2D eigenvalue weighted by molar-refractivity contribution is 5.94. The summed E-state index contributed by atoms with van der Waals surface area (Å²) in [6, 6.07) is 7.01. The van der Waals surface area contributed by atoms with Crippen molar-refractivity contribution in [1.82, 2.24) is 10.2 Å². The molecule has 18 heavy (non-hydrogen) atoms. The van der Waals surface area contributed by atoms with Gasteiger partial charge in [-0.25, -0.2) is 0 Å². The van der Waals surface area contributed by atoms with E-state index >= 15 is 0 Å². The second kappa shape index (κ2) is 3.87. The number of hydrogen-bond acceptors (Lipinski definition) is 3. The number of aromatic nitrogens is 2. The number of phenols is 1. The average Bonchev–Trinajstić information content (AvgIpc) is 2.70. The minimum absolute atomic E-state index is 0.0534. The van der Waals surface area contributed by atoms with Crippen LogP contribution in [0.4, 0.5) is 5.82 Å². The van der Waals surface area contributed by atoms with Gasteiger partial charge >= 0.3 is 0 Å². The Morgan fingerprint density at radius 2 is 2.28 bits per heavy atom. The molecule has 0 unspecified atom stereocenters. The lowest BCUT2D eigenvalue weighted by Gasteiger charge is -2.22. The van der Waals surface area contributed by atoms with Crippen molar-refractivity contribution in [2.75, 3.05) is 5.32 Å². The summed E-state index contributed by atoms with van der Waals surface area (Å²) < 4.78 is 0. The van der Waals surface area contributed by atoms with Gasteiger partial charge in [0.1, 0.15) is 5.75 Å². The van der Waals surface area contributed by atoms with Crippen LogP contribution in [0.25, 0.3) is 0 Å². The van der Waals surface area contributed by atoms with Gasteiger partial charge in [0.05, 0.1) is 0 Å². The number of anilines is 1. The molecular weight excluding hydrogens is 230 g/mol. The molecule has 3 N–H and O–H groups in total. The molecule has 0 saturated heterocycles. The molecule has 1 amide bonds. The summed E-state index contributed by atoms with van der Waals surface area (Å²) in [6.45, 7) is 1.93. The third-order valence-electron chi connectivity index (χ3n) is 3.26. The number of rotatable bonds is 1. The molecule has 0 radical (unpaired) electrons. The average molecular weight is 243 g/mol. The molecule has 1 atom stereocenters. The van der Waals surface area contributed by atoms with Crippen molar-refractivity contribution in [3.63, 3.8) is 0 Å². The van der Waals surface area contributed by atoms with E-state index in [-0.39, 0.29) is 17.6 Å². The molecular formula is C13H13N3O2. The van der Waals surface area contributed by atoms with Crippen LogP contribution in [0.3, 0.4) is 0 Å². The Kier molecular flexibility index (Phi) is 2.33. The van der Waals surface area contributed by atoms with Crippen LogP contribution in [-0.4, -0.2) is 21.2 Å². The van der Waals surface area contributed by atoms with Crippen molar-refractivity contribution in [3.8, 4) is 5.75 Å². The van der Waals surface area contributed by atoms with Gasteiger partial charge in [0.15, 0.2) is 5.82 Å². The van der Waals surface area contributed by atoms with E-state index in [1.54, 1.807) is 18.2 Å². The second-order valence-corrected chi connectivity index (χ2v) is 4.51. The molecule has 2 heterocycles. The van der Waals surface area contributed by atoms with Crippen LogP contribution in [-0.2, 0) is 4.79 Å². The Bertz CT molecular complexity index is 618. The largest absolute Gasteiger partial charge is 0.508 e. The quantitative estimate of drug-likeness (QED) is 0.715.